The van der Waals surface area contributed by atoms with Gasteiger partial charge in [0.2, 0.25) is 12.2 Å². The highest BCUT2D eigenvalue weighted by Crippen LogP contribution is 2.25. The van der Waals surface area contributed by atoms with Crippen molar-refractivity contribution in [3.63, 3.8) is 0 Å². The van der Waals surface area contributed by atoms with Crippen molar-refractivity contribution in [3.05, 3.63) is 24.3 Å². The summed E-state index contributed by atoms with van der Waals surface area (Å²) in [5.74, 6) is 0.126. The molecule has 1 aromatic carbocycles. The molecule has 0 aromatic heterocycles. The van der Waals surface area contributed by atoms with Crippen molar-refractivity contribution in [1.82, 2.24) is 0 Å². The normalized spacial score (nSPS) is 31.6. The van der Waals surface area contributed by atoms with E-state index in [1.54, 1.807) is 24.3 Å². The molecule has 0 radical (unpaired) electrons. The molecule has 8 heteroatoms. The standard InChI is InChI=1S/C14H19NO7/c1-7(17)15-8-2-4-9(5-3-8)21-14-13(20)12(19)11(18)10(6-16)22-14/h2-5,10-14,16,18-20H,6H2,1H3,(H,15,17)/t10-,11-,12-,13-,14+/m1/s1. The SMILES string of the molecule is CC(=O)Nc1ccc(O[C@H]2O[C@H](CO)[C@@H](O)[C@@H](O)[C@H]2O)cc1. The molecule has 5 atom stereocenters. The van der Waals surface area contributed by atoms with E-state index in [9.17, 15) is 20.1 Å². The molecule has 1 aliphatic heterocycles. The van der Waals surface area contributed by atoms with Crippen molar-refractivity contribution in [2.24, 2.45) is 0 Å². The van der Waals surface area contributed by atoms with Gasteiger partial charge < -0.3 is 35.2 Å². The third kappa shape index (κ3) is 3.73. The Balaban J connectivity index is 2.04. The average Bonchev–Trinajstić information content (AvgIpc) is 2.49. The fourth-order valence-electron chi connectivity index (χ4n) is 2.12. The molecule has 0 bridgehead atoms. The molecule has 1 aliphatic rings. The lowest BCUT2D eigenvalue weighted by Crippen LogP contribution is -2.60. The number of hydrogen-bond acceptors (Lipinski definition) is 7. The smallest absolute Gasteiger partial charge is 0.229 e. The Morgan fingerprint density at radius 3 is 2.36 bits per heavy atom. The fraction of sp³-hybridized carbons (Fsp3) is 0.500. The molecule has 122 valence electrons. The highest BCUT2D eigenvalue weighted by atomic mass is 16.7. The van der Waals surface area contributed by atoms with Gasteiger partial charge in [0.15, 0.2) is 0 Å². The van der Waals surface area contributed by atoms with E-state index in [0.29, 0.717) is 11.4 Å². The van der Waals surface area contributed by atoms with Gasteiger partial charge in [0.1, 0.15) is 30.2 Å². The number of carbonyl (C=O) groups excluding carboxylic acids is 1. The minimum atomic E-state index is -1.49. The van der Waals surface area contributed by atoms with Crippen molar-refractivity contribution in [2.75, 3.05) is 11.9 Å². The number of ether oxygens (including phenoxy) is 2. The van der Waals surface area contributed by atoms with Gasteiger partial charge in [0, 0.05) is 12.6 Å². The predicted molar refractivity (Wildman–Crippen MR) is 75.1 cm³/mol. The Kier molecular flexibility index (Phi) is 5.33. The Bertz CT molecular complexity index is 504. The Morgan fingerprint density at radius 1 is 1.18 bits per heavy atom. The number of nitrogens with one attached hydrogen (secondary N) is 1. The topological polar surface area (TPSA) is 128 Å². The summed E-state index contributed by atoms with van der Waals surface area (Å²) in [4.78, 5) is 10.9. The van der Waals surface area contributed by atoms with E-state index in [4.69, 9.17) is 14.6 Å². The minimum Gasteiger partial charge on any atom is -0.462 e. The van der Waals surface area contributed by atoms with Gasteiger partial charge in [-0.05, 0) is 24.3 Å². The van der Waals surface area contributed by atoms with Crippen molar-refractivity contribution in [1.29, 1.82) is 0 Å². The second-order valence-electron chi connectivity index (χ2n) is 5.02. The molecule has 1 heterocycles. The number of hydrogen-bond donors (Lipinski definition) is 5. The summed E-state index contributed by atoms with van der Waals surface area (Å²) in [7, 11) is 0. The van der Waals surface area contributed by atoms with Crippen LogP contribution in [0.15, 0.2) is 24.3 Å². The highest BCUT2D eigenvalue weighted by Gasteiger charge is 2.44. The highest BCUT2D eigenvalue weighted by molar-refractivity contribution is 5.88. The quantitative estimate of drug-likeness (QED) is 0.473. The van der Waals surface area contributed by atoms with E-state index < -0.39 is 37.3 Å². The summed E-state index contributed by atoms with van der Waals surface area (Å²) >= 11 is 0. The largest absolute Gasteiger partial charge is 0.462 e. The van der Waals surface area contributed by atoms with Crippen molar-refractivity contribution in [3.8, 4) is 5.75 Å². The lowest BCUT2D eigenvalue weighted by atomic mass is 9.99. The Labute approximate surface area is 126 Å². The fourth-order valence-corrected chi connectivity index (χ4v) is 2.12. The van der Waals surface area contributed by atoms with E-state index >= 15 is 0 Å². The minimum absolute atomic E-state index is 0.206. The van der Waals surface area contributed by atoms with Gasteiger partial charge in [0.25, 0.3) is 0 Å². The summed E-state index contributed by atoms with van der Waals surface area (Å²) in [6.07, 6.45) is -6.64. The van der Waals surface area contributed by atoms with Gasteiger partial charge in [-0.1, -0.05) is 0 Å². The molecule has 22 heavy (non-hydrogen) atoms. The van der Waals surface area contributed by atoms with E-state index in [0.717, 1.165) is 0 Å². The van der Waals surface area contributed by atoms with E-state index in [1.807, 2.05) is 0 Å². The first-order chi connectivity index (χ1) is 10.4. The van der Waals surface area contributed by atoms with Crippen LogP contribution in [0.3, 0.4) is 0 Å². The zero-order valence-corrected chi connectivity index (χ0v) is 11.9. The second-order valence-corrected chi connectivity index (χ2v) is 5.02. The lowest BCUT2D eigenvalue weighted by molar-refractivity contribution is -0.277. The molecule has 0 aliphatic carbocycles. The number of aliphatic hydroxyl groups is 4. The van der Waals surface area contributed by atoms with Crippen LogP contribution in [0, 0.1) is 0 Å². The molecular weight excluding hydrogens is 294 g/mol. The zero-order valence-electron chi connectivity index (χ0n) is 11.9. The van der Waals surface area contributed by atoms with Crippen molar-refractivity contribution >= 4 is 11.6 Å². The summed E-state index contributed by atoms with van der Waals surface area (Å²) in [6.45, 7) is 0.866. The molecule has 1 saturated heterocycles. The first kappa shape index (κ1) is 16.7. The van der Waals surface area contributed by atoms with Crippen LogP contribution in [0.1, 0.15) is 6.92 Å². The molecule has 0 saturated carbocycles. The maximum atomic E-state index is 10.9. The molecule has 1 amide bonds. The van der Waals surface area contributed by atoms with Crippen LogP contribution in [-0.2, 0) is 9.53 Å². The summed E-state index contributed by atoms with van der Waals surface area (Å²) in [5.41, 5.74) is 0.577. The predicted octanol–water partition coefficient (Wildman–Crippen LogP) is -1.18. The molecular formula is C14H19NO7. The average molecular weight is 313 g/mol. The zero-order chi connectivity index (χ0) is 16.3. The number of benzene rings is 1. The third-order valence-electron chi connectivity index (χ3n) is 3.28. The molecule has 5 N–H and O–H groups in total. The number of aliphatic hydroxyl groups excluding tert-OH is 4. The van der Waals surface area contributed by atoms with Crippen LogP contribution in [0.2, 0.25) is 0 Å². The van der Waals surface area contributed by atoms with Crippen LogP contribution in [-0.4, -0.2) is 63.6 Å². The second kappa shape index (κ2) is 7.03. The van der Waals surface area contributed by atoms with Crippen molar-refractivity contribution in [2.45, 2.75) is 37.6 Å². The Hall–Kier alpha value is -1.71. The monoisotopic (exact) mass is 313 g/mol. The van der Waals surface area contributed by atoms with Gasteiger partial charge in [-0.25, -0.2) is 0 Å². The molecule has 1 fully saturated rings. The van der Waals surface area contributed by atoms with Gasteiger partial charge >= 0.3 is 0 Å². The van der Waals surface area contributed by atoms with Gasteiger partial charge in [0.05, 0.1) is 6.61 Å². The molecule has 2 rings (SSSR count). The maximum Gasteiger partial charge on any atom is 0.229 e. The van der Waals surface area contributed by atoms with Gasteiger partial charge in [-0.3, -0.25) is 4.79 Å². The van der Waals surface area contributed by atoms with Crippen LogP contribution in [0.25, 0.3) is 0 Å². The molecule has 8 nitrogen and oxygen atoms in total. The number of amides is 1. The summed E-state index contributed by atoms with van der Waals surface area (Å²) in [6, 6.07) is 6.29. The number of rotatable bonds is 4. The van der Waals surface area contributed by atoms with Gasteiger partial charge in [-0.15, -0.1) is 0 Å². The first-order valence-electron chi connectivity index (χ1n) is 6.77. The van der Waals surface area contributed by atoms with Crippen LogP contribution in [0.4, 0.5) is 5.69 Å². The first-order valence-corrected chi connectivity index (χ1v) is 6.77. The lowest BCUT2D eigenvalue weighted by Gasteiger charge is -2.39. The van der Waals surface area contributed by atoms with Crippen LogP contribution >= 0.6 is 0 Å². The third-order valence-corrected chi connectivity index (χ3v) is 3.28. The van der Waals surface area contributed by atoms with Gasteiger partial charge in [-0.2, -0.15) is 0 Å². The van der Waals surface area contributed by atoms with E-state index in [2.05, 4.69) is 5.32 Å². The van der Waals surface area contributed by atoms with Crippen LogP contribution in [0.5, 0.6) is 5.75 Å². The van der Waals surface area contributed by atoms with Crippen LogP contribution < -0.4 is 10.1 Å². The Morgan fingerprint density at radius 2 is 1.82 bits per heavy atom. The van der Waals surface area contributed by atoms with E-state index in [1.165, 1.54) is 6.92 Å². The molecule has 0 spiro atoms. The van der Waals surface area contributed by atoms with E-state index in [-0.39, 0.29) is 5.91 Å². The summed E-state index contributed by atoms with van der Waals surface area (Å²) in [5, 5.41) is 40.9. The van der Waals surface area contributed by atoms with Crippen molar-refractivity contribution < 1.29 is 34.7 Å². The number of anilines is 1. The number of carbonyl (C=O) groups is 1. The molecule has 1 aromatic rings. The maximum absolute atomic E-state index is 10.9. The summed E-state index contributed by atoms with van der Waals surface area (Å²) < 4.78 is 10.6. The molecule has 0 unspecified atom stereocenters.